The SMILES string of the molecule is Cc1nc([C@H]2CCCN2C(=O)c2ccc([S@@](=O)C(C)C)cc2)no1. The average Bonchev–Trinajstić information content (AvgIpc) is 3.22. The number of carbonyl (C=O) groups excluding carboxylic acids is 1. The van der Waals surface area contributed by atoms with Gasteiger partial charge in [-0.1, -0.05) is 19.0 Å². The maximum atomic E-state index is 12.8. The minimum absolute atomic E-state index is 0.0518. The molecule has 128 valence electrons. The van der Waals surface area contributed by atoms with Crippen molar-refractivity contribution in [2.24, 2.45) is 0 Å². The Morgan fingerprint density at radius 2 is 2.04 bits per heavy atom. The van der Waals surface area contributed by atoms with Crippen molar-refractivity contribution in [2.45, 2.75) is 49.8 Å². The zero-order valence-electron chi connectivity index (χ0n) is 14.1. The summed E-state index contributed by atoms with van der Waals surface area (Å²) in [6.07, 6.45) is 1.75. The van der Waals surface area contributed by atoms with E-state index in [1.807, 2.05) is 13.8 Å². The number of hydrogen-bond donors (Lipinski definition) is 0. The lowest BCUT2D eigenvalue weighted by Gasteiger charge is -2.22. The molecular formula is C17H21N3O3S. The normalized spacial score (nSPS) is 19.0. The first-order valence-electron chi connectivity index (χ1n) is 8.09. The van der Waals surface area contributed by atoms with Gasteiger partial charge in [-0.3, -0.25) is 9.00 Å². The molecule has 2 atom stereocenters. The number of hydrogen-bond acceptors (Lipinski definition) is 5. The molecule has 0 spiro atoms. The predicted octanol–water partition coefficient (Wildman–Crippen LogP) is 2.87. The second-order valence-electron chi connectivity index (χ2n) is 6.20. The van der Waals surface area contributed by atoms with Gasteiger partial charge in [0.25, 0.3) is 5.91 Å². The van der Waals surface area contributed by atoms with Crippen molar-refractivity contribution in [3.8, 4) is 0 Å². The van der Waals surface area contributed by atoms with Crippen LogP contribution in [0.25, 0.3) is 0 Å². The van der Waals surface area contributed by atoms with Gasteiger partial charge in [-0.05, 0) is 37.1 Å². The predicted molar refractivity (Wildman–Crippen MR) is 90.0 cm³/mol. The number of benzene rings is 1. The fourth-order valence-corrected chi connectivity index (χ4v) is 3.85. The average molecular weight is 347 g/mol. The molecule has 2 aromatic rings. The van der Waals surface area contributed by atoms with E-state index in [2.05, 4.69) is 10.1 Å². The Hall–Kier alpha value is -2.02. The van der Waals surface area contributed by atoms with Crippen LogP contribution in [-0.2, 0) is 10.8 Å². The first kappa shape index (κ1) is 16.8. The Labute approximate surface area is 143 Å². The highest BCUT2D eigenvalue weighted by Gasteiger charge is 2.33. The summed E-state index contributed by atoms with van der Waals surface area (Å²) in [4.78, 5) is 19.6. The number of rotatable bonds is 4. The maximum absolute atomic E-state index is 12.8. The molecular weight excluding hydrogens is 326 g/mol. The summed E-state index contributed by atoms with van der Waals surface area (Å²) in [6, 6.07) is 6.89. The zero-order valence-corrected chi connectivity index (χ0v) is 14.9. The molecule has 1 aliphatic rings. The van der Waals surface area contributed by atoms with Crippen molar-refractivity contribution in [3.63, 3.8) is 0 Å². The van der Waals surface area contributed by atoms with E-state index in [4.69, 9.17) is 4.52 Å². The number of aryl methyl sites for hydroxylation is 1. The van der Waals surface area contributed by atoms with Crippen LogP contribution < -0.4 is 0 Å². The van der Waals surface area contributed by atoms with Crippen LogP contribution in [0.15, 0.2) is 33.7 Å². The number of nitrogens with zero attached hydrogens (tertiary/aromatic N) is 3. The van der Waals surface area contributed by atoms with Gasteiger partial charge in [0.1, 0.15) is 0 Å². The Balaban J connectivity index is 1.79. The molecule has 0 aliphatic carbocycles. The number of amides is 1. The van der Waals surface area contributed by atoms with Crippen LogP contribution in [0, 0.1) is 6.92 Å². The topological polar surface area (TPSA) is 76.3 Å². The molecule has 2 heterocycles. The summed E-state index contributed by atoms with van der Waals surface area (Å²) >= 11 is 0. The number of carbonyl (C=O) groups is 1. The fraction of sp³-hybridized carbons (Fsp3) is 0.471. The van der Waals surface area contributed by atoms with Crippen molar-refractivity contribution in [1.29, 1.82) is 0 Å². The van der Waals surface area contributed by atoms with E-state index in [1.165, 1.54) is 0 Å². The first-order chi connectivity index (χ1) is 11.5. The summed E-state index contributed by atoms with van der Waals surface area (Å²) < 4.78 is 17.2. The van der Waals surface area contributed by atoms with E-state index in [0.717, 1.165) is 17.7 Å². The lowest BCUT2D eigenvalue weighted by Crippen LogP contribution is -2.31. The van der Waals surface area contributed by atoms with Crippen LogP contribution in [0.5, 0.6) is 0 Å². The Bertz CT molecular complexity index is 755. The van der Waals surface area contributed by atoms with Crippen molar-refractivity contribution in [2.75, 3.05) is 6.54 Å². The molecule has 6 nitrogen and oxygen atoms in total. The van der Waals surface area contributed by atoms with E-state index in [1.54, 1.807) is 36.1 Å². The second kappa shape index (κ2) is 6.84. The van der Waals surface area contributed by atoms with Crippen molar-refractivity contribution in [3.05, 3.63) is 41.5 Å². The summed E-state index contributed by atoms with van der Waals surface area (Å²) in [7, 11) is -1.05. The van der Waals surface area contributed by atoms with E-state index in [-0.39, 0.29) is 17.2 Å². The van der Waals surface area contributed by atoms with Crippen molar-refractivity contribution < 1.29 is 13.5 Å². The lowest BCUT2D eigenvalue weighted by atomic mass is 10.1. The van der Waals surface area contributed by atoms with Gasteiger partial charge >= 0.3 is 0 Å². The third kappa shape index (κ3) is 3.26. The van der Waals surface area contributed by atoms with Crippen molar-refractivity contribution in [1.82, 2.24) is 15.0 Å². The van der Waals surface area contributed by atoms with E-state index in [9.17, 15) is 9.00 Å². The molecule has 1 amide bonds. The summed E-state index contributed by atoms with van der Waals surface area (Å²) in [5.74, 6) is 1.02. The molecule has 24 heavy (non-hydrogen) atoms. The standard InChI is InChI=1S/C17H21N3O3S/c1-11(2)24(22)14-8-6-13(7-9-14)17(21)20-10-4-5-15(20)16-18-12(3)23-19-16/h6-9,11,15H,4-5,10H2,1-3H3/t15-,24+/m1/s1. The summed E-state index contributed by atoms with van der Waals surface area (Å²) in [5, 5.41) is 4.01. The van der Waals surface area contributed by atoms with Crippen LogP contribution in [0.1, 0.15) is 54.8 Å². The number of aromatic nitrogens is 2. The molecule has 3 rings (SSSR count). The van der Waals surface area contributed by atoms with E-state index < -0.39 is 10.8 Å². The lowest BCUT2D eigenvalue weighted by molar-refractivity contribution is 0.0728. The first-order valence-corrected chi connectivity index (χ1v) is 9.30. The number of likely N-dealkylation sites (tertiary alicyclic amines) is 1. The highest BCUT2D eigenvalue weighted by molar-refractivity contribution is 7.85. The molecule has 1 aromatic carbocycles. The van der Waals surface area contributed by atoms with Gasteiger partial charge in [0, 0.05) is 29.2 Å². The Kier molecular flexibility index (Phi) is 4.80. The quantitative estimate of drug-likeness (QED) is 0.850. The van der Waals surface area contributed by atoms with E-state index >= 15 is 0 Å². The molecule has 7 heteroatoms. The van der Waals surface area contributed by atoms with Crippen molar-refractivity contribution >= 4 is 16.7 Å². The van der Waals surface area contributed by atoms with Crippen LogP contribution in [0.4, 0.5) is 0 Å². The Morgan fingerprint density at radius 3 is 2.62 bits per heavy atom. The fourth-order valence-electron chi connectivity index (χ4n) is 2.90. The van der Waals surface area contributed by atoms with Gasteiger partial charge in [-0.15, -0.1) is 0 Å². The third-order valence-electron chi connectivity index (χ3n) is 4.12. The molecule has 1 saturated heterocycles. The summed E-state index contributed by atoms with van der Waals surface area (Å²) in [5.41, 5.74) is 0.589. The van der Waals surface area contributed by atoms with Crippen LogP contribution in [0.3, 0.4) is 0 Å². The van der Waals surface area contributed by atoms with Crippen LogP contribution >= 0.6 is 0 Å². The smallest absolute Gasteiger partial charge is 0.254 e. The molecule has 0 N–H and O–H groups in total. The maximum Gasteiger partial charge on any atom is 0.254 e. The highest BCUT2D eigenvalue weighted by atomic mass is 32.2. The minimum atomic E-state index is -1.05. The van der Waals surface area contributed by atoms with Gasteiger partial charge < -0.3 is 9.42 Å². The second-order valence-corrected chi connectivity index (χ2v) is 8.21. The van der Waals surface area contributed by atoms with Gasteiger partial charge in [0.05, 0.1) is 16.8 Å². The van der Waals surface area contributed by atoms with Crippen LogP contribution in [-0.4, -0.2) is 37.0 Å². The molecule has 0 bridgehead atoms. The Morgan fingerprint density at radius 1 is 1.33 bits per heavy atom. The molecule has 1 aromatic heterocycles. The van der Waals surface area contributed by atoms with Gasteiger partial charge in [-0.2, -0.15) is 4.98 Å². The van der Waals surface area contributed by atoms with Gasteiger partial charge in [-0.25, -0.2) is 0 Å². The van der Waals surface area contributed by atoms with Gasteiger partial charge in [0.2, 0.25) is 5.89 Å². The highest BCUT2D eigenvalue weighted by Crippen LogP contribution is 2.31. The minimum Gasteiger partial charge on any atom is -0.340 e. The molecule has 0 unspecified atom stereocenters. The third-order valence-corrected chi connectivity index (χ3v) is 5.71. The van der Waals surface area contributed by atoms with E-state index in [0.29, 0.717) is 23.8 Å². The largest absolute Gasteiger partial charge is 0.340 e. The molecule has 0 saturated carbocycles. The zero-order chi connectivity index (χ0) is 17.3. The van der Waals surface area contributed by atoms with Gasteiger partial charge in [0.15, 0.2) is 5.82 Å². The molecule has 1 aliphatic heterocycles. The van der Waals surface area contributed by atoms with Crippen LogP contribution in [0.2, 0.25) is 0 Å². The summed E-state index contributed by atoms with van der Waals surface area (Å²) in [6.45, 7) is 6.25. The molecule has 1 fully saturated rings. The molecule has 0 radical (unpaired) electrons. The monoisotopic (exact) mass is 347 g/mol.